The molecule has 0 aromatic carbocycles. The van der Waals surface area contributed by atoms with Crippen LogP contribution in [-0.4, -0.2) is 61.6 Å². The predicted octanol–water partition coefficient (Wildman–Crippen LogP) is 0.963. The minimum atomic E-state index is 0.207. The third kappa shape index (κ3) is 3.47. The highest BCUT2D eigenvalue weighted by Gasteiger charge is 2.37. The molecule has 25 heavy (non-hydrogen) atoms. The van der Waals surface area contributed by atoms with Gasteiger partial charge >= 0.3 is 0 Å². The summed E-state index contributed by atoms with van der Waals surface area (Å²) >= 11 is 0. The Balaban J connectivity index is 1.42. The summed E-state index contributed by atoms with van der Waals surface area (Å²) in [4.78, 5) is 30.0. The zero-order valence-electron chi connectivity index (χ0n) is 14.4. The Morgan fingerprint density at radius 1 is 1.28 bits per heavy atom. The van der Waals surface area contributed by atoms with E-state index in [1.807, 2.05) is 13.1 Å². The maximum absolute atomic E-state index is 12.8. The number of carbonyl (C=O) groups excluding carboxylic acids is 1. The minimum absolute atomic E-state index is 0.207. The van der Waals surface area contributed by atoms with Gasteiger partial charge in [-0.05, 0) is 25.7 Å². The second-order valence-electron chi connectivity index (χ2n) is 6.95. The highest BCUT2D eigenvalue weighted by molar-refractivity contribution is 5.77. The van der Waals surface area contributed by atoms with Crippen LogP contribution < -0.4 is 4.90 Å². The molecule has 8 heteroatoms. The molecule has 2 aromatic heterocycles. The van der Waals surface area contributed by atoms with Gasteiger partial charge in [0.2, 0.25) is 5.91 Å². The number of aryl methyl sites for hydroxylation is 2. The molecule has 0 saturated carbocycles. The van der Waals surface area contributed by atoms with Gasteiger partial charge in [0.1, 0.15) is 11.6 Å². The molecule has 3 aliphatic rings. The van der Waals surface area contributed by atoms with Crippen LogP contribution in [0.1, 0.15) is 30.9 Å². The smallest absolute Gasteiger partial charge is 0.223 e. The highest BCUT2D eigenvalue weighted by atomic mass is 16.2. The lowest BCUT2D eigenvalue weighted by Crippen LogP contribution is -2.47. The maximum Gasteiger partial charge on any atom is 0.223 e. The van der Waals surface area contributed by atoms with Crippen molar-refractivity contribution in [3.63, 3.8) is 0 Å². The summed E-state index contributed by atoms with van der Waals surface area (Å²) in [5, 5.41) is 6.95. The van der Waals surface area contributed by atoms with Crippen LogP contribution in [-0.2, 0) is 11.2 Å². The second kappa shape index (κ2) is 6.78. The third-order valence-electron chi connectivity index (χ3n) is 5.11. The van der Waals surface area contributed by atoms with Crippen LogP contribution in [0, 0.1) is 12.8 Å². The highest BCUT2D eigenvalue weighted by Crippen LogP contribution is 2.30. The molecule has 3 aliphatic heterocycles. The zero-order valence-corrected chi connectivity index (χ0v) is 14.4. The molecule has 0 aliphatic carbocycles. The van der Waals surface area contributed by atoms with Crippen LogP contribution in [0.4, 0.5) is 5.82 Å². The second-order valence-corrected chi connectivity index (χ2v) is 6.95. The first kappa shape index (κ1) is 16.0. The molecule has 3 fully saturated rings. The molecular formula is C17H23N7O. The Morgan fingerprint density at radius 2 is 2.20 bits per heavy atom. The van der Waals surface area contributed by atoms with Crippen LogP contribution in [0.2, 0.25) is 0 Å². The van der Waals surface area contributed by atoms with Crippen molar-refractivity contribution in [1.82, 2.24) is 30.0 Å². The normalized spacial score (nSPS) is 22.9. The Kier molecular flexibility index (Phi) is 4.33. The molecule has 5 heterocycles. The number of aromatic nitrogens is 5. The van der Waals surface area contributed by atoms with Crippen LogP contribution in [0.5, 0.6) is 0 Å². The summed E-state index contributed by atoms with van der Waals surface area (Å²) in [6, 6.07) is 0.252. The lowest BCUT2D eigenvalue weighted by atomic mass is 9.94. The number of H-pyrrole nitrogens is 1. The van der Waals surface area contributed by atoms with Gasteiger partial charge in [-0.2, -0.15) is 5.10 Å². The molecule has 2 bridgehead atoms. The summed E-state index contributed by atoms with van der Waals surface area (Å²) in [7, 11) is 0. The van der Waals surface area contributed by atoms with E-state index >= 15 is 0 Å². The van der Waals surface area contributed by atoms with E-state index in [4.69, 9.17) is 0 Å². The number of nitrogens with zero attached hydrogens (tertiary/aromatic N) is 6. The van der Waals surface area contributed by atoms with Crippen molar-refractivity contribution in [2.75, 3.05) is 24.5 Å². The topological polar surface area (TPSA) is 90.9 Å². The summed E-state index contributed by atoms with van der Waals surface area (Å²) < 4.78 is 0. The molecule has 5 rings (SSSR count). The number of aromatic amines is 1. The van der Waals surface area contributed by atoms with E-state index in [2.05, 4.69) is 34.9 Å². The molecule has 2 aromatic rings. The summed E-state index contributed by atoms with van der Waals surface area (Å²) in [6.45, 7) is 4.49. The fourth-order valence-corrected chi connectivity index (χ4v) is 3.89. The van der Waals surface area contributed by atoms with Crippen molar-refractivity contribution in [2.45, 2.75) is 38.6 Å². The van der Waals surface area contributed by atoms with Crippen LogP contribution in [0.3, 0.4) is 0 Å². The van der Waals surface area contributed by atoms with E-state index < -0.39 is 0 Å². The fourth-order valence-electron chi connectivity index (χ4n) is 3.89. The van der Waals surface area contributed by atoms with E-state index in [0.717, 1.165) is 37.7 Å². The average molecular weight is 341 g/mol. The lowest BCUT2D eigenvalue weighted by molar-refractivity contribution is -0.135. The van der Waals surface area contributed by atoms with Crippen molar-refractivity contribution < 1.29 is 4.79 Å². The molecule has 2 atom stereocenters. The van der Waals surface area contributed by atoms with Gasteiger partial charge in [-0.25, -0.2) is 9.97 Å². The molecule has 1 N–H and O–H groups in total. The Labute approximate surface area is 146 Å². The summed E-state index contributed by atoms with van der Waals surface area (Å²) in [5.74, 6) is 3.11. The number of piperidine rings is 1. The van der Waals surface area contributed by atoms with Crippen LogP contribution >= 0.6 is 0 Å². The van der Waals surface area contributed by atoms with Gasteiger partial charge in [-0.3, -0.25) is 14.9 Å². The molecular weight excluding hydrogens is 318 g/mol. The first-order valence-corrected chi connectivity index (χ1v) is 8.87. The van der Waals surface area contributed by atoms with Gasteiger partial charge in [0, 0.05) is 50.9 Å². The molecule has 0 radical (unpaired) electrons. The van der Waals surface area contributed by atoms with Crippen LogP contribution in [0.25, 0.3) is 0 Å². The van der Waals surface area contributed by atoms with E-state index in [1.54, 1.807) is 12.4 Å². The fraction of sp³-hybridized carbons (Fsp3) is 0.588. The summed E-state index contributed by atoms with van der Waals surface area (Å²) in [6.07, 6.45) is 8.51. The number of rotatable bonds is 4. The van der Waals surface area contributed by atoms with Crippen molar-refractivity contribution in [1.29, 1.82) is 0 Å². The first-order chi connectivity index (χ1) is 12.2. The number of hydrogen-bond acceptors (Lipinski definition) is 6. The standard InChI is InChI=1S/C17H23N7O/c1-12-20-15(22-21-12)4-5-17(25)24-10-13-2-3-14(24)11-23(9-13)16-8-18-6-7-19-16/h6-8,13-14H,2-5,9-11H2,1H3,(H,20,21,22)/t13-,14+/m0/s1. The van der Waals surface area contributed by atoms with Crippen molar-refractivity contribution in [2.24, 2.45) is 5.92 Å². The Bertz CT molecular complexity index is 732. The molecule has 8 nitrogen and oxygen atoms in total. The van der Waals surface area contributed by atoms with Crippen molar-refractivity contribution in [3.05, 3.63) is 30.2 Å². The van der Waals surface area contributed by atoms with Gasteiger partial charge < -0.3 is 9.80 Å². The molecule has 132 valence electrons. The van der Waals surface area contributed by atoms with E-state index in [1.165, 1.54) is 6.42 Å². The van der Waals surface area contributed by atoms with E-state index in [9.17, 15) is 4.79 Å². The third-order valence-corrected chi connectivity index (χ3v) is 5.11. The van der Waals surface area contributed by atoms with Gasteiger partial charge in [-0.15, -0.1) is 0 Å². The molecule has 0 spiro atoms. The average Bonchev–Trinajstić information content (AvgIpc) is 2.85. The summed E-state index contributed by atoms with van der Waals surface area (Å²) in [5.41, 5.74) is 0. The van der Waals surface area contributed by atoms with Gasteiger partial charge in [0.25, 0.3) is 0 Å². The van der Waals surface area contributed by atoms with Crippen molar-refractivity contribution in [3.8, 4) is 0 Å². The monoisotopic (exact) mass is 341 g/mol. The predicted molar refractivity (Wildman–Crippen MR) is 91.9 cm³/mol. The number of hydrogen-bond donors (Lipinski definition) is 1. The maximum atomic E-state index is 12.8. The van der Waals surface area contributed by atoms with E-state index in [-0.39, 0.29) is 11.9 Å². The number of amides is 1. The largest absolute Gasteiger partial charge is 0.353 e. The number of anilines is 1. The number of nitrogens with one attached hydrogen (secondary N) is 1. The lowest BCUT2D eigenvalue weighted by Gasteiger charge is -2.36. The minimum Gasteiger partial charge on any atom is -0.353 e. The molecule has 1 amide bonds. The Morgan fingerprint density at radius 3 is 2.96 bits per heavy atom. The Hall–Kier alpha value is -2.51. The zero-order chi connectivity index (χ0) is 17.2. The van der Waals surface area contributed by atoms with E-state index in [0.29, 0.717) is 24.6 Å². The van der Waals surface area contributed by atoms with Crippen molar-refractivity contribution >= 4 is 11.7 Å². The molecule has 3 saturated heterocycles. The quantitative estimate of drug-likeness (QED) is 0.891. The van der Waals surface area contributed by atoms with Gasteiger partial charge in [0.05, 0.1) is 6.20 Å². The number of fused-ring (bicyclic) bond motifs is 4. The van der Waals surface area contributed by atoms with Gasteiger partial charge in [0.15, 0.2) is 5.82 Å². The van der Waals surface area contributed by atoms with Gasteiger partial charge in [-0.1, -0.05) is 0 Å². The number of carbonyl (C=O) groups is 1. The van der Waals surface area contributed by atoms with Crippen LogP contribution in [0.15, 0.2) is 18.6 Å². The first-order valence-electron chi connectivity index (χ1n) is 8.87. The molecule has 0 unspecified atom stereocenters. The SMILES string of the molecule is Cc1nc(CCC(=O)N2C[C@H]3CC[C@@H]2CN(c2cnccn2)C3)n[nH]1.